The smallest absolute Gasteiger partial charge is 0.328 e. The van der Waals surface area contributed by atoms with Gasteiger partial charge in [-0.25, -0.2) is 9.59 Å². The Kier molecular flexibility index (Phi) is 9.54. The van der Waals surface area contributed by atoms with Crippen LogP contribution in [0.25, 0.3) is 0 Å². The number of hydrogen-bond acceptors (Lipinski definition) is 5. The van der Waals surface area contributed by atoms with Crippen LogP contribution in [0.3, 0.4) is 0 Å². The summed E-state index contributed by atoms with van der Waals surface area (Å²) >= 11 is 0. The predicted octanol–water partition coefficient (Wildman–Crippen LogP) is 4.02. The van der Waals surface area contributed by atoms with Crippen LogP contribution in [0.4, 0.5) is 0 Å². The van der Waals surface area contributed by atoms with Crippen LogP contribution in [-0.2, 0) is 29.0 Å². The van der Waals surface area contributed by atoms with Crippen molar-refractivity contribution in [1.82, 2.24) is 9.80 Å². The molecule has 1 fully saturated rings. The Balaban J connectivity index is 0.000000368. The van der Waals surface area contributed by atoms with Crippen molar-refractivity contribution in [3.63, 3.8) is 0 Å². The minimum Gasteiger partial charge on any atom is -0.492 e. The molecule has 8 nitrogen and oxygen atoms in total. The van der Waals surface area contributed by atoms with Crippen LogP contribution in [0, 0.1) is 5.92 Å². The molecule has 0 aromatic heterocycles. The van der Waals surface area contributed by atoms with Gasteiger partial charge in [-0.3, -0.25) is 9.69 Å². The molecule has 38 heavy (non-hydrogen) atoms. The molecule has 3 aliphatic rings. The van der Waals surface area contributed by atoms with Crippen molar-refractivity contribution in [2.75, 3.05) is 32.8 Å². The van der Waals surface area contributed by atoms with Gasteiger partial charge in [-0.1, -0.05) is 30.3 Å². The molecule has 0 bridgehead atoms. The number of likely N-dealkylation sites (tertiary alicyclic amines) is 1. The molecule has 2 N–H and O–H groups in total. The van der Waals surface area contributed by atoms with Crippen molar-refractivity contribution in [2.45, 2.75) is 45.1 Å². The van der Waals surface area contributed by atoms with Gasteiger partial charge in [0.2, 0.25) is 0 Å². The van der Waals surface area contributed by atoms with E-state index in [0.29, 0.717) is 18.1 Å². The van der Waals surface area contributed by atoms with Gasteiger partial charge in [-0.15, -0.1) is 0 Å². The largest absolute Gasteiger partial charge is 0.492 e. The summed E-state index contributed by atoms with van der Waals surface area (Å²) < 4.78 is 6.20. The van der Waals surface area contributed by atoms with Crippen molar-refractivity contribution >= 4 is 17.8 Å². The highest BCUT2D eigenvalue weighted by Crippen LogP contribution is 2.30. The fraction of sp³-hybridized carbons (Fsp3) is 0.433. The van der Waals surface area contributed by atoms with Gasteiger partial charge in [0.1, 0.15) is 12.4 Å². The summed E-state index contributed by atoms with van der Waals surface area (Å²) in [6.07, 6.45) is 8.40. The number of ether oxygens (including phenoxy) is 1. The standard InChI is InChI=1S/C26H32N2O2.C4H4O4/c29-26-24-10-4-2-7-22(24)19-28(26)18-20-12-14-27(15-13-20)16-17-30-25-11-5-8-21-6-1-3-9-23(21)25;5-3(6)1-2-4(7)8/h2,4-5,7-8,10-11,20H,1,3,6,9,12-19H2;1-2H,(H,5,6)(H,7,8)/b;2-1+. The third-order valence-corrected chi connectivity index (χ3v) is 7.47. The summed E-state index contributed by atoms with van der Waals surface area (Å²) in [6, 6.07) is 14.6. The first-order valence-corrected chi connectivity index (χ1v) is 13.4. The summed E-state index contributed by atoms with van der Waals surface area (Å²) in [5, 5.41) is 15.6. The molecule has 0 spiro atoms. The van der Waals surface area contributed by atoms with E-state index in [9.17, 15) is 14.4 Å². The number of carboxylic acids is 2. The maximum Gasteiger partial charge on any atom is 0.328 e. The van der Waals surface area contributed by atoms with Gasteiger partial charge in [0.05, 0.1) is 0 Å². The Morgan fingerprint density at radius 3 is 2.32 bits per heavy atom. The van der Waals surface area contributed by atoms with Crippen LogP contribution in [0.5, 0.6) is 5.75 Å². The zero-order valence-electron chi connectivity index (χ0n) is 21.7. The van der Waals surface area contributed by atoms with Crippen molar-refractivity contribution < 1.29 is 29.3 Å². The summed E-state index contributed by atoms with van der Waals surface area (Å²) in [4.78, 5) is 36.3. The second-order valence-corrected chi connectivity index (χ2v) is 10.1. The molecular formula is C30H36N2O6. The fourth-order valence-corrected chi connectivity index (χ4v) is 5.48. The number of carboxylic acid groups (broad SMARTS) is 2. The van der Waals surface area contributed by atoms with Gasteiger partial charge >= 0.3 is 11.9 Å². The van der Waals surface area contributed by atoms with Crippen molar-refractivity contribution in [3.05, 3.63) is 76.9 Å². The predicted molar refractivity (Wildman–Crippen MR) is 143 cm³/mol. The number of fused-ring (bicyclic) bond motifs is 2. The van der Waals surface area contributed by atoms with E-state index in [1.165, 1.54) is 48.8 Å². The third kappa shape index (κ3) is 7.44. The lowest BCUT2D eigenvalue weighted by molar-refractivity contribution is -0.134. The number of piperidine rings is 1. The topological polar surface area (TPSA) is 107 Å². The summed E-state index contributed by atoms with van der Waals surface area (Å²) in [6.45, 7) is 5.65. The van der Waals surface area contributed by atoms with Gasteiger partial charge in [-0.05, 0) is 86.4 Å². The first-order chi connectivity index (χ1) is 18.4. The monoisotopic (exact) mass is 520 g/mol. The van der Waals surface area contributed by atoms with Crippen LogP contribution in [0.2, 0.25) is 0 Å². The number of carbonyl (C=O) groups excluding carboxylic acids is 1. The fourth-order valence-electron chi connectivity index (χ4n) is 5.48. The second-order valence-electron chi connectivity index (χ2n) is 10.1. The molecule has 8 heteroatoms. The normalized spacial score (nSPS) is 17.5. The van der Waals surface area contributed by atoms with Crippen molar-refractivity contribution in [3.8, 4) is 5.75 Å². The van der Waals surface area contributed by atoms with Gasteiger partial charge in [0, 0.05) is 37.3 Å². The molecule has 202 valence electrons. The van der Waals surface area contributed by atoms with Crippen LogP contribution in [-0.4, -0.2) is 70.6 Å². The first kappa shape index (κ1) is 27.4. The van der Waals surface area contributed by atoms with Gasteiger partial charge in [0.15, 0.2) is 0 Å². The molecule has 1 saturated heterocycles. The molecule has 0 radical (unpaired) electrons. The Morgan fingerprint density at radius 1 is 0.921 bits per heavy atom. The van der Waals surface area contributed by atoms with E-state index in [2.05, 4.69) is 29.2 Å². The zero-order chi connectivity index (χ0) is 26.9. The lowest BCUT2D eigenvalue weighted by atomic mass is 9.91. The molecule has 1 aliphatic carbocycles. The minimum atomic E-state index is -1.26. The average molecular weight is 521 g/mol. The van der Waals surface area contributed by atoms with E-state index in [-0.39, 0.29) is 5.91 Å². The Morgan fingerprint density at radius 2 is 1.61 bits per heavy atom. The zero-order valence-corrected chi connectivity index (χ0v) is 21.7. The molecule has 2 heterocycles. The number of nitrogens with zero attached hydrogens (tertiary/aromatic N) is 2. The van der Waals surface area contributed by atoms with Gasteiger partial charge < -0.3 is 19.8 Å². The van der Waals surface area contributed by atoms with Gasteiger partial charge in [0.25, 0.3) is 5.91 Å². The van der Waals surface area contributed by atoms with E-state index in [1.807, 2.05) is 23.1 Å². The Hall–Kier alpha value is -3.65. The number of carbonyl (C=O) groups is 3. The van der Waals surface area contributed by atoms with Crippen molar-refractivity contribution in [1.29, 1.82) is 0 Å². The minimum absolute atomic E-state index is 0.215. The maximum absolute atomic E-state index is 12.6. The molecule has 0 atom stereocenters. The SMILES string of the molecule is O=C(O)/C=C/C(=O)O.O=C1c2ccccc2CN1CC1CCN(CCOc2cccc3c2CCCC3)CC1. The van der Waals surface area contributed by atoms with E-state index in [1.54, 1.807) is 0 Å². The average Bonchev–Trinajstić information content (AvgIpc) is 3.24. The molecule has 2 aromatic rings. The third-order valence-electron chi connectivity index (χ3n) is 7.47. The molecule has 0 saturated carbocycles. The van der Waals surface area contributed by atoms with E-state index in [4.69, 9.17) is 14.9 Å². The van der Waals surface area contributed by atoms with E-state index in [0.717, 1.165) is 57.1 Å². The van der Waals surface area contributed by atoms with E-state index < -0.39 is 11.9 Å². The van der Waals surface area contributed by atoms with Crippen LogP contribution < -0.4 is 4.74 Å². The molecule has 1 amide bonds. The number of amides is 1. The number of aliphatic carboxylic acids is 2. The molecule has 0 unspecified atom stereocenters. The number of benzene rings is 2. The van der Waals surface area contributed by atoms with Crippen LogP contribution >= 0.6 is 0 Å². The molecule has 5 rings (SSSR count). The molecular weight excluding hydrogens is 484 g/mol. The highest BCUT2D eigenvalue weighted by atomic mass is 16.5. The summed E-state index contributed by atoms with van der Waals surface area (Å²) in [5.74, 6) is -0.580. The maximum atomic E-state index is 12.6. The Labute approximate surface area is 223 Å². The number of hydrogen-bond donors (Lipinski definition) is 2. The lowest BCUT2D eigenvalue weighted by Gasteiger charge is -2.33. The van der Waals surface area contributed by atoms with Crippen LogP contribution in [0.1, 0.15) is 52.7 Å². The highest BCUT2D eigenvalue weighted by molar-refractivity contribution is 5.98. The Bertz CT molecular complexity index is 1150. The number of aryl methyl sites for hydroxylation is 1. The van der Waals surface area contributed by atoms with Crippen molar-refractivity contribution in [2.24, 2.45) is 5.92 Å². The van der Waals surface area contributed by atoms with E-state index >= 15 is 0 Å². The molecule has 2 aliphatic heterocycles. The molecule has 2 aromatic carbocycles. The summed E-state index contributed by atoms with van der Waals surface area (Å²) in [7, 11) is 0. The first-order valence-electron chi connectivity index (χ1n) is 13.4. The second kappa shape index (κ2) is 13.2. The highest BCUT2D eigenvalue weighted by Gasteiger charge is 2.30. The lowest BCUT2D eigenvalue weighted by Crippen LogP contribution is -2.40. The summed E-state index contributed by atoms with van der Waals surface area (Å²) in [5.41, 5.74) is 5.01. The number of rotatable bonds is 8. The van der Waals surface area contributed by atoms with Gasteiger partial charge in [-0.2, -0.15) is 0 Å². The van der Waals surface area contributed by atoms with Crippen LogP contribution in [0.15, 0.2) is 54.6 Å². The quantitative estimate of drug-likeness (QED) is 0.506.